The molecular formula is C26H20ClFN4O5. The monoisotopic (exact) mass is 522 g/mol. The summed E-state index contributed by atoms with van der Waals surface area (Å²) in [6.45, 7) is 1.80. The maximum Gasteiger partial charge on any atom is 0.352 e. The summed E-state index contributed by atoms with van der Waals surface area (Å²) in [7, 11) is 0. The van der Waals surface area contributed by atoms with Gasteiger partial charge in [-0.1, -0.05) is 35.9 Å². The topological polar surface area (TPSA) is 104 Å². The minimum absolute atomic E-state index is 0.0735. The number of benzene rings is 3. The quantitative estimate of drug-likeness (QED) is 0.417. The van der Waals surface area contributed by atoms with Crippen LogP contribution in [0, 0.1) is 12.7 Å². The molecule has 0 saturated carbocycles. The van der Waals surface area contributed by atoms with Crippen LogP contribution in [0.2, 0.25) is 5.02 Å². The fraction of sp³-hybridized carbons (Fsp3) is 0.154. The lowest BCUT2D eigenvalue weighted by molar-refractivity contribution is 0.0941. The molecule has 0 spiro atoms. The van der Waals surface area contributed by atoms with Crippen LogP contribution in [0.3, 0.4) is 0 Å². The molecule has 11 heteroatoms. The highest BCUT2D eigenvalue weighted by Gasteiger charge is 2.21. The maximum atomic E-state index is 13.4. The number of hydrogen-bond donors (Lipinski definition) is 1. The summed E-state index contributed by atoms with van der Waals surface area (Å²) in [6.07, 6.45) is 0. The lowest BCUT2D eigenvalue weighted by Crippen LogP contribution is -2.46. The highest BCUT2D eigenvalue weighted by Crippen LogP contribution is 2.32. The molecule has 0 unspecified atom stereocenters. The van der Waals surface area contributed by atoms with Crippen LogP contribution in [0.1, 0.15) is 27.2 Å². The van der Waals surface area contributed by atoms with Crippen LogP contribution in [-0.2, 0) is 13.1 Å². The van der Waals surface area contributed by atoms with Crippen LogP contribution < -0.4 is 26.0 Å². The number of carbonyl (C=O) groups is 1. The summed E-state index contributed by atoms with van der Waals surface area (Å²) in [5.41, 5.74) is 0.112. The summed E-state index contributed by atoms with van der Waals surface area (Å²) in [6, 6.07) is 15.4. The van der Waals surface area contributed by atoms with Gasteiger partial charge in [0.1, 0.15) is 5.82 Å². The molecule has 4 aromatic rings. The number of nitrogens with one attached hydrogen (secondary N) is 1. The number of halogens is 2. The average Bonchev–Trinajstić information content (AvgIpc) is 3.36. The molecular weight excluding hydrogens is 503 g/mol. The van der Waals surface area contributed by atoms with E-state index < -0.39 is 28.7 Å². The van der Waals surface area contributed by atoms with Gasteiger partial charge in [0.2, 0.25) is 12.5 Å². The third kappa shape index (κ3) is 4.96. The molecule has 1 N–H and O–H groups in total. The summed E-state index contributed by atoms with van der Waals surface area (Å²) >= 11 is 6.25. The number of ether oxygens (including phenoxy) is 2. The smallest absolute Gasteiger partial charge is 0.352 e. The van der Waals surface area contributed by atoms with Crippen LogP contribution in [0.15, 0.2) is 70.3 Å². The molecule has 0 saturated heterocycles. The number of hydrogen-bond acceptors (Lipinski definition) is 6. The SMILES string of the molecule is Cc1ccc(-n2nc(C(=O)NCc3ccc4c(c3)OCO4)c(=O)n(Cc3ccc(F)cc3)c2=O)cc1Cl. The van der Waals surface area contributed by atoms with Crippen LogP contribution in [-0.4, -0.2) is 27.0 Å². The summed E-state index contributed by atoms with van der Waals surface area (Å²) in [5, 5.41) is 7.14. The van der Waals surface area contributed by atoms with Gasteiger partial charge in [-0.05, 0) is 60.0 Å². The Balaban J connectivity index is 1.53. The molecule has 0 bridgehead atoms. The Morgan fingerprint density at radius 3 is 2.51 bits per heavy atom. The number of amides is 1. The molecule has 9 nitrogen and oxygen atoms in total. The minimum Gasteiger partial charge on any atom is -0.454 e. The first-order chi connectivity index (χ1) is 17.8. The van der Waals surface area contributed by atoms with E-state index in [9.17, 15) is 18.8 Å². The van der Waals surface area contributed by atoms with Gasteiger partial charge >= 0.3 is 5.69 Å². The number of fused-ring (bicyclic) bond motifs is 1. The van der Waals surface area contributed by atoms with Crippen molar-refractivity contribution in [2.24, 2.45) is 0 Å². The second kappa shape index (κ2) is 9.90. The molecule has 37 heavy (non-hydrogen) atoms. The lowest BCUT2D eigenvalue weighted by Gasteiger charge is -2.13. The van der Waals surface area contributed by atoms with E-state index in [0.29, 0.717) is 27.6 Å². The van der Waals surface area contributed by atoms with E-state index in [1.54, 1.807) is 37.3 Å². The Hall–Kier alpha value is -4.44. The summed E-state index contributed by atoms with van der Waals surface area (Å²) in [5.74, 6) is -0.0795. The van der Waals surface area contributed by atoms with Crippen molar-refractivity contribution in [1.82, 2.24) is 19.7 Å². The Labute approximate surface area is 214 Å². The van der Waals surface area contributed by atoms with E-state index in [2.05, 4.69) is 10.4 Å². The van der Waals surface area contributed by atoms with Gasteiger partial charge in [-0.25, -0.2) is 9.18 Å². The standard InChI is InChI=1S/C26H20ClFN4O5/c1-15-2-8-19(11-20(15)27)32-26(35)31(13-16-3-6-18(28)7-4-16)25(34)23(30-32)24(33)29-12-17-5-9-21-22(10-17)37-14-36-21/h2-11H,12-14H2,1H3,(H,29,33). The van der Waals surface area contributed by atoms with E-state index in [1.165, 1.54) is 30.3 Å². The number of aromatic nitrogens is 3. The first kappa shape index (κ1) is 24.3. The molecule has 0 fully saturated rings. The molecule has 1 aromatic heterocycles. The zero-order valence-corrected chi connectivity index (χ0v) is 20.3. The van der Waals surface area contributed by atoms with Gasteiger partial charge in [-0.15, -0.1) is 0 Å². The molecule has 1 aliphatic heterocycles. The molecule has 0 aliphatic carbocycles. The van der Waals surface area contributed by atoms with Gasteiger partial charge < -0.3 is 14.8 Å². The van der Waals surface area contributed by atoms with Gasteiger partial charge in [-0.2, -0.15) is 9.78 Å². The molecule has 5 rings (SSSR count). The van der Waals surface area contributed by atoms with Gasteiger partial charge in [-0.3, -0.25) is 14.2 Å². The first-order valence-corrected chi connectivity index (χ1v) is 11.6. The molecule has 0 atom stereocenters. The normalized spacial score (nSPS) is 12.0. The van der Waals surface area contributed by atoms with Crippen molar-refractivity contribution >= 4 is 17.5 Å². The number of aryl methyl sites for hydroxylation is 1. The van der Waals surface area contributed by atoms with Crippen molar-refractivity contribution < 1.29 is 18.7 Å². The second-order valence-corrected chi connectivity index (χ2v) is 8.77. The van der Waals surface area contributed by atoms with Gasteiger partial charge in [0.15, 0.2) is 11.5 Å². The average molecular weight is 523 g/mol. The molecule has 188 valence electrons. The van der Waals surface area contributed by atoms with Crippen LogP contribution in [0.4, 0.5) is 4.39 Å². The predicted octanol–water partition coefficient (Wildman–Crippen LogP) is 3.20. The molecule has 1 aliphatic rings. The molecule has 2 heterocycles. The third-order valence-corrected chi connectivity index (χ3v) is 6.23. The van der Waals surface area contributed by atoms with E-state index in [-0.39, 0.29) is 25.6 Å². The Morgan fingerprint density at radius 2 is 1.76 bits per heavy atom. The van der Waals surface area contributed by atoms with Gasteiger partial charge in [0.05, 0.1) is 12.2 Å². The molecule has 0 radical (unpaired) electrons. The van der Waals surface area contributed by atoms with E-state index in [0.717, 1.165) is 14.8 Å². The number of carbonyl (C=O) groups excluding carboxylic acids is 1. The molecule has 3 aromatic carbocycles. The Bertz CT molecular complexity index is 1630. The first-order valence-electron chi connectivity index (χ1n) is 11.2. The summed E-state index contributed by atoms with van der Waals surface area (Å²) < 4.78 is 25.9. The molecule has 1 amide bonds. The van der Waals surface area contributed by atoms with Crippen LogP contribution in [0.25, 0.3) is 5.69 Å². The van der Waals surface area contributed by atoms with Crippen molar-refractivity contribution in [3.63, 3.8) is 0 Å². The van der Waals surface area contributed by atoms with Crippen molar-refractivity contribution in [1.29, 1.82) is 0 Å². The van der Waals surface area contributed by atoms with Crippen molar-refractivity contribution in [2.45, 2.75) is 20.0 Å². The summed E-state index contributed by atoms with van der Waals surface area (Å²) in [4.78, 5) is 39.7. The fourth-order valence-corrected chi connectivity index (χ4v) is 3.94. The minimum atomic E-state index is -0.882. The predicted molar refractivity (Wildman–Crippen MR) is 133 cm³/mol. The largest absolute Gasteiger partial charge is 0.454 e. The van der Waals surface area contributed by atoms with E-state index in [4.69, 9.17) is 21.1 Å². The van der Waals surface area contributed by atoms with E-state index >= 15 is 0 Å². The highest BCUT2D eigenvalue weighted by atomic mass is 35.5. The zero-order valence-electron chi connectivity index (χ0n) is 19.5. The zero-order chi connectivity index (χ0) is 26.1. The lowest BCUT2D eigenvalue weighted by atomic mass is 10.2. The van der Waals surface area contributed by atoms with E-state index in [1.807, 2.05) is 0 Å². The fourth-order valence-electron chi connectivity index (χ4n) is 3.77. The van der Waals surface area contributed by atoms with Crippen molar-refractivity contribution in [2.75, 3.05) is 6.79 Å². The number of rotatable bonds is 6. The Kier molecular flexibility index (Phi) is 6.49. The van der Waals surface area contributed by atoms with Gasteiger partial charge in [0.25, 0.3) is 11.5 Å². The van der Waals surface area contributed by atoms with Crippen LogP contribution in [0.5, 0.6) is 11.5 Å². The Morgan fingerprint density at radius 1 is 1.03 bits per heavy atom. The second-order valence-electron chi connectivity index (χ2n) is 8.36. The van der Waals surface area contributed by atoms with Crippen molar-refractivity contribution in [3.8, 4) is 17.2 Å². The number of nitrogens with zero attached hydrogens (tertiary/aromatic N) is 3. The third-order valence-electron chi connectivity index (χ3n) is 5.82. The van der Waals surface area contributed by atoms with Crippen LogP contribution >= 0.6 is 11.6 Å². The van der Waals surface area contributed by atoms with Gasteiger partial charge in [0, 0.05) is 11.6 Å². The van der Waals surface area contributed by atoms with Crippen molar-refractivity contribution in [3.05, 3.63) is 115 Å². The maximum absolute atomic E-state index is 13.4. The highest BCUT2D eigenvalue weighted by molar-refractivity contribution is 6.31.